The number of thiophene rings is 1. The third-order valence-electron chi connectivity index (χ3n) is 2.61. The van der Waals surface area contributed by atoms with Gasteiger partial charge in [-0.2, -0.15) is 0 Å². The Kier molecular flexibility index (Phi) is 8.34. The van der Waals surface area contributed by atoms with Crippen LogP contribution in [0.4, 0.5) is 5.69 Å². The van der Waals surface area contributed by atoms with Gasteiger partial charge in [-0.15, -0.1) is 35.3 Å². The highest BCUT2D eigenvalue weighted by molar-refractivity contribution is 14.1. The van der Waals surface area contributed by atoms with Gasteiger partial charge in [-0.25, -0.2) is 0 Å². The van der Waals surface area contributed by atoms with Crippen molar-refractivity contribution in [1.29, 1.82) is 0 Å². The van der Waals surface area contributed by atoms with Crippen molar-refractivity contribution >= 4 is 69.6 Å². The third-order valence-corrected chi connectivity index (χ3v) is 4.57. The van der Waals surface area contributed by atoms with E-state index in [1.54, 1.807) is 18.4 Å². The summed E-state index contributed by atoms with van der Waals surface area (Å²) in [7, 11) is 1.64. The molecule has 0 fully saturated rings. The highest BCUT2D eigenvalue weighted by atomic mass is 127. The molecule has 7 heteroatoms. The van der Waals surface area contributed by atoms with Crippen LogP contribution in [0.5, 0.6) is 5.75 Å². The van der Waals surface area contributed by atoms with E-state index >= 15 is 0 Å². The average Bonchev–Trinajstić information content (AvgIpc) is 2.84. The van der Waals surface area contributed by atoms with Crippen molar-refractivity contribution in [2.24, 2.45) is 10.7 Å². The first-order chi connectivity index (χ1) is 9.67. The summed E-state index contributed by atoms with van der Waals surface area (Å²) in [4.78, 5) is 5.65. The summed E-state index contributed by atoms with van der Waals surface area (Å²) < 4.78 is 6.45. The number of benzene rings is 1. The second-order valence-corrected chi connectivity index (χ2v) is 7.14. The zero-order valence-electron chi connectivity index (χ0n) is 11.5. The minimum absolute atomic E-state index is 0. The maximum atomic E-state index is 5.87. The first-order valence-corrected chi connectivity index (χ1v) is 8.02. The summed E-state index contributed by atoms with van der Waals surface area (Å²) in [6.45, 7) is 0.680. The number of ether oxygens (including phenoxy) is 1. The largest absolute Gasteiger partial charge is 0.497 e. The molecule has 0 bridgehead atoms. The fraction of sp³-hybridized carbons (Fsp3) is 0.214. The predicted molar refractivity (Wildman–Crippen MR) is 109 cm³/mol. The lowest BCUT2D eigenvalue weighted by Gasteiger charge is -2.07. The van der Waals surface area contributed by atoms with Crippen molar-refractivity contribution in [3.05, 3.63) is 44.2 Å². The van der Waals surface area contributed by atoms with Gasteiger partial charge in [0.2, 0.25) is 0 Å². The Labute approximate surface area is 159 Å². The van der Waals surface area contributed by atoms with Crippen molar-refractivity contribution in [3.63, 3.8) is 0 Å². The summed E-state index contributed by atoms with van der Waals surface area (Å²) in [5, 5.41) is 3.06. The van der Waals surface area contributed by atoms with Gasteiger partial charge >= 0.3 is 0 Å². The Hall–Kier alpha value is -0.550. The van der Waals surface area contributed by atoms with Crippen molar-refractivity contribution in [2.45, 2.75) is 6.42 Å². The zero-order valence-corrected chi connectivity index (χ0v) is 16.8. The van der Waals surface area contributed by atoms with E-state index < -0.39 is 0 Å². The van der Waals surface area contributed by atoms with Gasteiger partial charge in [-0.05, 0) is 46.9 Å². The van der Waals surface area contributed by atoms with E-state index in [1.807, 2.05) is 24.3 Å². The number of aliphatic imine (C=N–C) groups is 1. The molecule has 0 radical (unpaired) electrons. The number of methoxy groups -OCH3 is 1. The second-order valence-electron chi connectivity index (χ2n) is 4.08. The van der Waals surface area contributed by atoms with E-state index in [2.05, 4.69) is 45.0 Å². The first kappa shape index (κ1) is 18.5. The number of hydrogen-bond donors (Lipinski definition) is 2. The van der Waals surface area contributed by atoms with Crippen LogP contribution in [0, 0.1) is 2.88 Å². The Balaban J connectivity index is 0.00000220. The van der Waals surface area contributed by atoms with Crippen LogP contribution in [0.3, 0.4) is 0 Å². The van der Waals surface area contributed by atoms with Crippen LogP contribution in [-0.2, 0) is 6.42 Å². The number of nitrogens with zero attached hydrogens (tertiary/aromatic N) is 1. The van der Waals surface area contributed by atoms with Gasteiger partial charge < -0.3 is 15.8 Å². The first-order valence-electron chi connectivity index (χ1n) is 6.12. The zero-order chi connectivity index (χ0) is 14.4. The van der Waals surface area contributed by atoms with E-state index in [9.17, 15) is 0 Å². The SMILES string of the molecule is COc1cccc(NC(N)=NCCc2ccc(I)s2)c1.I. The van der Waals surface area contributed by atoms with Crippen molar-refractivity contribution < 1.29 is 4.74 Å². The quantitative estimate of drug-likeness (QED) is 0.351. The predicted octanol–water partition coefficient (Wildman–Crippen LogP) is 3.95. The molecule has 2 rings (SSSR count). The van der Waals surface area contributed by atoms with Crippen LogP contribution in [0.25, 0.3) is 0 Å². The molecule has 0 saturated carbocycles. The monoisotopic (exact) mass is 529 g/mol. The molecule has 21 heavy (non-hydrogen) atoms. The standard InChI is InChI=1S/C14H16IN3OS.HI/c1-19-11-4-2-3-10(9-11)18-14(16)17-8-7-12-5-6-13(15)20-12;/h2-6,9H,7-8H2,1H3,(H3,16,17,18);1H. The molecule has 0 amide bonds. The molecular weight excluding hydrogens is 512 g/mol. The van der Waals surface area contributed by atoms with Crippen LogP contribution in [0.15, 0.2) is 41.4 Å². The summed E-state index contributed by atoms with van der Waals surface area (Å²) in [5.41, 5.74) is 6.74. The van der Waals surface area contributed by atoms with Gasteiger partial charge in [-0.1, -0.05) is 6.07 Å². The molecule has 1 aromatic carbocycles. The molecule has 114 valence electrons. The minimum Gasteiger partial charge on any atom is -0.497 e. The molecule has 2 aromatic rings. The topological polar surface area (TPSA) is 59.6 Å². The summed E-state index contributed by atoms with van der Waals surface area (Å²) in [6.07, 6.45) is 0.911. The maximum absolute atomic E-state index is 5.87. The van der Waals surface area contributed by atoms with E-state index in [4.69, 9.17) is 10.5 Å². The Morgan fingerprint density at radius 2 is 2.19 bits per heavy atom. The van der Waals surface area contributed by atoms with Crippen LogP contribution in [0.1, 0.15) is 4.88 Å². The summed E-state index contributed by atoms with van der Waals surface area (Å²) >= 11 is 4.11. The Morgan fingerprint density at radius 1 is 1.38 bits per heavy atom. The summed E-state index contributed by atoms with van der Waals surface area (Å²) in [5.74, 6) is 1.21. The summed E-state index contributed by atoms with van der Waals surface area (Å²) in [6, 6.07) is 11.8. The number of rotatable bonds is 5. The molecule has 0 aliphatic rings. The van der Waals surface area contributed by atoms with Gasteiger partial charge in [-0.3, -0.25) is 4.99 Å². The van der Waals surface area contributed by atoms with E-state index in [-0.39, 0.29) is 24.0 Å². The number of halogens is 2. The lowest BCUT2D eigenvalue weighted by atomic mass is 10.3. The Bertz CT molecular complexity index is 601. The lowest BCUT2D eigenvalue weighted by Crippen LogP contribution is -2.23. The molecule has 0 saturated heterocycles. The molecule has 0 spiro atoms. The molecule has 0 aliphatic heterocycles. The number of guanidine groups is 1. The lowest BCUT2D eigenvalue weighted by molar-refractivity contribution is 0.415. The van der Waals surface area contributed by atoms with E-state index in [1.165, 1.54) is 7.76 Å². The van der Waals surface area contributed by atoms with Crippen LogP contribution >= 0.6 is 57.9 Å². The Morgan fingerprint density at radius 3 is 2.86 bits per heavy atom. The molecule has 0 unspecified atom stereocenters. The normalized spacial score (nSPS) is 10.9. The number of anilines is 1. The molecule has 1 aromatic heterocycles. The van der Waals surface area contributed by atoms with Gasteiger partial charge in [0.15, 0.2) is 5.96 Å². The number of hydrogen-bond acceptors (Lipinski definition) is 3. The molecule has 0 atom stereocenters. The van der Waals surface area contributed by atoms with Gasteiger partial charge in [0.05, 0.1) is 9.99 Å². The minimum atomic E-state index is 0. The van der Waals surface area contributed by atoms with E-state index in [0.29, 0.717) is 12.5 Å². The fourth-order valence-electron chi connectivity index (χ4n) is 1.66. The number of nitrogens with two attached hydrogens (primary N) is 1. The average molecular weight is 529 g/mol. The molecule has 4 nitrogen and oxygen atoms in total. The van der Waals surface area contributed by atoms with Gasteiger partial charge in [0.1, 0.15) is 5.75 Å². The van der Waals surface area contributed by atoms with Crippen LogP contribution < -0.4 is 15.8 Å². The fourth-order valence-corrected chi connectivity index (χ4v) is 3.41. The highest BCUT2D eigenvalue weighted by Crippen LogP contribution is 2.19. The smallest absolute Gasteiger partial charge is 0.193 e. The second kappa shape index (κ2) is 9.46. The maximum Gasteiger partial charge on any atom is 0.193 e. The molecule has 3 N–H and O–H groups in total. The van der Waals surface area contributed by atoms with Crippen molar-refractivity contribution in [2.75, 3.05) is 19.0 Å². The molecule has 0 aliphatic carbocycles. The van der Waals surface area contributed by atoms with Crippen LogP contribution in [0.2, 0.25) is 0 Å². The number of nitrogens with one attached hydrogen (secondary N) is 1. The van der Waals surface area contributed by atoms with Crippen molar-refractivity contribution in [1.82, 2.24) is 0 Å². The third kappa shape index (κ3) is 6.39. The van der Waals surface area contributed by atoms with Gasteiger partial charge in [0.25, 0.3) is 0 Å². The molecule has 1 heterocycles. The van der Waals surface area contributed by atoms with Crippen molar-refractivity contribution in [3.8, 4) is 5.75 Å². The van der Waals surface area contributed by atoms with E-state index in [0.717, 1.165) is 17.9 Å². The highest BCUT2D eigenvalue weighted by Gasteiger charge is 1.99. The van der Waals surface area contributed by atoms with Crippen LogP contribution in [-0.4, -0.2) is 19.6 Å². The van der Waals surface area contributed by atoms with Gasteiger partial charge in [0, 0.05) is 29.6 Å². The molecular formula is C14H17I2N3OS.